The Labute approximate surface area is 139 Å². The van der Waals surface area contributed by atoms with Crippen molar-refractivity contribution in [1.82, 2.24) is 4.90 Å². The molecule has 1 fully saturated rings. The second-order valence-corrected chi connectivity index (χ2v) is 6.25. The zero-order valence-corrected chi connectivity index (χ0v) is 13.1. The molecular weight excluding hydrogens is 351 g/mol. The molecule has 4 nitrogen and oxygen atoms in total. The number of amides is 1. The number of carboxylic acid groups (broad SMARTS) is 1. The molecule has 1 saturated heterocycles. The highest BCUT2D eigenvalue weighted by atomic mass is 32.2. The summed E-state index contributed by atoms with van der Waals surface area (Å²) in [6, 6.07) is 4.33. The number of carboxylic acids is 1. The highest BCUT2D eigenvalue weighted by molar-refractivity contribution is 8.26. The summed E-state index contributed by atoms with van der Waals surface area (Å²) in [6.07, 6.45) is -3.36. The van der Waals surface area contributed by atoms with Crippen LogP contribution >= 0.6 is 24.0 Å². The Morgan fingerprint density at radius 1 is 1.30 bits per heavy atom. The van der Waals surface area contributed by atoms with E-state index in [9.17, 15) is 27.9 Å². The number of halogens is 3. The molecule has 1 aromatic rings. The van der Waals surface area contributed by atoms with Crippen LogP contribution in [-0.2, 0) is 15.8 Å². The molecule has 0 atom stereocenters. The highest BCUT2D eigenvalue weighted by Crippen LogP contribution is 2.33. The van der Waals surface area contributed by atoms with Crippen molar-refractivity contribution >= 4 is 46.3 Å². The molecule has 1 amide bonds. The topological polar surface area (TPSA) is 60.4 Å². The molecule has 0 radical (unpaired) electrons. The van der Waals surface area contributed by atoms with E-state index in [-0.39, 0.29) is 22.2 Å². The number of aliphatic carboxylic acids is 1. The summed E-state index contributed by atoms with van der Waals surface area (Å²) >= 11 is 5.97. The number of thiocarbonyl (C=S) groups is 1. The van der Waals surface area contributed by atoms with Crippen LogP contribution in [0.25, 0.3) is 6.08 Å². The number of carbonyl (C=O) groups excluding carboxylic acids is 2. The molecule has 23 heavy (non-hydrogen) atoms. The Kier molecular flexibility index (Phi) is 5.10. The lowest BCUT2D eigenvalue weighted by Gasteiger charge is -2.14. The minimum Gasteiger partial charge on any atom is -0.550 e. The van der Waals surface area contributed by atoms with E-state index in [4.69, 9.17) is 12.2 Å². The SMILES string of the molecule is O=C([O-])CCN1C(=O)/C(=C\c2ccc(C(F)(F)F)cc2)SC1=S. The number of hydrogen-bond donors (Lipinski definition) is 0. The number of alkyl halides is 3. The van der Waals surface area contributed by atoms with Crippen LogP contribution in [0.2, 0.25) is 0 Å². The maximum atomic E-state index is 12.5. The van der Waals surface area contributed by atoms with Crippen molar-refractivity contribution in [3.63, 3.8) is 0 Å². The first-order chi connectivity index (χ1) is 10.7. The van der Waals surface area contributed by atoms with Gasteiger partial charge in [0, 0.05) is 18.9 Å². The third-order valence-electron chi connectivity index (χ3n) is 2.95. The standard InChI is InChI=1S/C14H10F3NO3S2/c15-14(16,17)9-3-1-8(2-4-9)7-10-12(21)18(13(22)23-10)6-5-11(19)20/h1-4,7H,5-6H2,(H,19,20)/p-1/b10-7+. The van der Waals surface area contributed by atoms with Gasteiger partial charge >= 0.3 is 6.18 Å². The lowest BCUT2D eigenvalue weighted by Crippen LogP contribution is -2.33. The van der Waals surface area contributed by atoms with Crippen LogP contribution in [0.4, 0.5) is 13.2 Å². The van der Waals surface area contributed by atoms with Crippen molar-refractivity contribution in [2.24, 2.45) is 0 Å². The molecule has 122 valence electrons. The maximum Gasteiger partial charge on any atom is 0.416 e. The fourth-order valence-corrected chi connectivity index (χ4v) is 3.12. The van der Waals surface area contributed by atoms with Crippen LogP contribution in [0.1, 0.15) is 17.5 Å². The quantitative estimate of drug-likeness (QED) is 0.608. The number of benzene rings is 1. The van der Waals surface area contributed by atoms with Crippen molar-refractivity contribution in [3.8, 4) is 0 Å². The molecule has 2 rings (SSSR count). The number of hydrogen-bond acceptors (Lipinski definition) is 5. The maximum absolute atomic E-state index is 12.5. The van der Waals surface area contributed by atoms with E-state index in [1.165, 1.54) is 18.2 Å². The van der Waals surface area contributed by atoms with Gasteiger partial charge in [-0.05, 0) is 23.8 Å². The summed E-state index contributed by atoms with van der Waals surface area (Å²) < 4.78 is 37.7. The Hall–Kier alpha value is -1.87. The molecule has 9 heteroatoms. The molecule has 0 bridgehead atoms. The van der Waals surface area contributed by atoms with Gasteiger partial charge in [0.25, 0.3) is 5.91 Å². The summed E-state index contributed by atoms with van der Waals surface area (Å²) in [5.41, 5.74) is -0.366. The normalized spacial score (nSPS) is 17.2. The van der Waals surface area contributed by atoms with Crippen molar-refractivity contribution < 1.29 is 27.9 Å². The molecule has 0 aliphatic carbocycles. The minimum atomic E-state index is -4.42. The molecule has 1 heterocycles. The Morgan fingerprint density at radius 2 is 1.91 bits per heavy atom. The Bertz CT molecular complexity index is 684. The summed E-state index contributed by atoms with van der Waals surface area (Å²) in [5.74, 6) is -1.77. The van der Waals surface area contributed by atoms with E-state index in [1.807, 2.05) is 0 Å². The van der Waals surface area contributed by atoms with Crippen LogP contribution in [0, 0.1) is 0 Å². The second-order valence-electron chi connectivity index (χ2n) is 4.58. The van der Waals surface area contributed by atoms with Gasteiger partial charge in [-0.3, -0.25) is 9.69 Å². The zero-order chi connectivity index (χ0) is 17.2. The lowest BCUT2D eigenvalue weighted by atomic mass is 10.1. The van der Waals surface area contributed by atoms with Crippen molar-refractivity contribution in [3.05, 3.63) is 40.3 Å². The molecule has 0 saturated carbocycles. The summed E-state index contributed by atoms with van der Waals surface area (Å²) in [7, 11) is 0. The number of carbonyl (C=O) groups is 2. The lowest BCUT2D eigenvalue weighted by molar-refractivity contribution is -0.305. The van der Waals surface area contributed by atoms with Gasteiger partial charge in [-0.1, -0.05) is 36.1 Å². The van der Waals surface area contributed by atoms with Crippen LogP contribution in [-0.4, -0.2) is 27.6 Å². The van der Waals surface area contributed by atoms with E-state index in [1.54, 1.807) is 0 Å². The van der Waals surface area contributed by atoms with Crippen molar-refractivity contribution in [1.29, 1.82) is 0 Å². The van der Waals surface area contributed by atoms with E-state index in [0.717, 1.165) is 28.8 Å². The Balaban J connectivity index is 2.15. The highest BCUT2D eigenvalue weighted by Gasteiger charge is 2.32. The molecule has 1 aliphatic heterocycles. The smallest absolute Gasteiger partial charge is 0.416 e. The zero-order valence-electron chi connectivity index (χ0n) is 11.4. The monoisotopic (exact) mass is 360 g/mol. The molecular formula is C14H9F3NO3S2-. The molecule has 0 spiro atoms. The van der Waals surface area contributed by atoms with Gasteiger partial charge in [-0.25, -0.2) is 0 Å². The molecule has 1 aromatic carbocycles. The first-order valence-electron chi connectivity index (χ1n) is 6.31. The predicted octanol–water partition coefficient (Wildman–Crippen LogP) is 2.05. The third kappa shape index (κ3) is 4.32. The third-order valence-corrected chi connectivity index (χ3v) is 4.33. The number of thioether (sulfide) groups is 1. The first-order valence-corrected chi connectivity index (χ1v) is 7.53. The van der Waals surface area contributed by atoms with Gasteiger partial charge in [0.2, 0.25) is 0 Å². The van der Waals surface area contributed by atoms with Crippen LogP contribution in [0.15, 0.2) is 29.2 Å². The van der Waals surface area contributed by atoms with E-state index < -0.39 is 23.6 Å². The first kappa shape index (κ1) is 17.5. The van der Waals surface area contributed by atoms with Gasteiger partial charge in [0.1, 0.15) is 4.32 Å². The molecule has 0 unspecified atom stereocenters. The molecule has 0 N–H and O–H groups in total. The number of rotatable bonds is 4. The Morgan fingerprint density at radius 3 is 2.43 bits per heavy atom. The van der Waals surface area contributed by atoms with Gasteiger partial charge in [0.15, 0.2) is 0 Å². The van der Waals surface area contributed by atoms with Gasteiger partial charge in [0.05, 0.1) is 10.5 Å². The van der Waals surface area contributed by atoms with Crippen molar-refractivity contribution in [2.75, 3.05) is 6.54 Å². The fraction of sp³-hybridized carbons (Fsp3) is 0.214. The van der Waals surface area contributed by atoms with Crippen molar-refractivity contribution in [2.45, 2.75) is 12.6 Å². The van der Waals surface area contributed by atoms with Gasteiger partial charge in [-0.2, -0.15) is 13.2 Å². The average Bonchev–Trinajstić information content (AvgIpc) is 2.71. The van der Waals surface area contributed by atoms with E-state index in [0.29, 0.717) is 5.56 Å². The fourth-order valence-electron chi connectivity index (χ4n) is 1.82. The molecule has 0 aromatic heterocycles. The van der Waals surface area contributed by atoms with Crippen LogP contribution < -0.4 is 5.11 Å². The summed E-state index contributed by atoms with van der Waals surface area (Å²) in [4.78, 5) is 23.9. The molecule has 1 aliphatic rings. The van der Waals surface area contributed by atoms with Gasteiger partial charge in [-0.15, -0.1) is 0 Å². The largest absolute Gasteiger partial charge is 0.550 e. The van der Waals surface area contributed by atoms with Crippen LogP contribution in [0.5, 0.6) is 0 Å². The predicted molar refractivity (Wildman–Crippen MR) is 80.9 cm³/mol. The van der Waals surface area contributed by atoms with E-state index >= 15 is 0 Å². The minimum absolute atomic E-state index is 0.0998. The van der Waals surface area contributed by atoms with E-state index in [2.05, 4.69) is 0 Å². The van der Waals surface area contributed by atoms with Crippen LogP contribution in [0.3, 0.4) is 0 Å². The number of nitrogens with zero attached hydrogens (tertiary/aromatic N) is 1. The summed E-state index contributed by atoms with van der Waals surface area (Å²) in [6.45, 7) is -0.0998. The van der Waals surface area contributed by atoms with Gasteiger partial charge < -0.3 is 9.90 Å². The summed E-state index contributed by atoms with van der Waals surface area (Å²) in [5, 5.41) is 10.4. The average molecular weight is 360 g/mol. The second kappa shape index (κ2) is 6.71.